The van der Waals surface area contributed by atoms with Crippen molar-refractivity contribution in [2.24, 2.45) is 0 Å². The summed E-state index contributed by atoms with van der Waals surface area (Å²) in [6.45, 7) is 8.91. The number of carbonyl (C=O) groups excluding carboxylic acids is 2. The van der Waals surface area contributed by atoms with E-state index in [4.69, 9.17) is 35.9 Å². The van der Waals surface area contributed by atoms with Crippen LogP contribution in [-0.2, 0) is 10.3 Å². The van der Waals surface area contributed by atoms with Gasteiger partial charge >= 0.3 is 5.97 Å². The second kappa shape index (κ2) is 35.1. The Morgan fingerprint density at radius 3 is 1.39 bits per heavy atom. The van der Waals surface area contributed by atoms with Crippen LogP contribution in [0.1, 0.15) is 251 Å². The predicted molar refractivity (Wildman–Crippen MR) is 323 cm³/mol. The molecular weight excluding hydrogens is 1010 g/mol. The number of anilines is 1. The molecule has 5 N–H and O–H groups in total. The van der Waals surface area contributed by atoms with Gasteiger partial charge in [0.25, 0.3) is 5.91 Å². The Labute approximate surface area is 478 Å². The van der Waals surface area contributed by atoms with Crippen molar-refractivity contribution >= 4 is 34.9 Å². The summed E-state index contributed by atoms with van der Waals surface area (Å²) < 4.78 is 32.1. The number of hydrogen-bond donors (Lipinski definition) is 5. The normalized spacial score (nSPS) is 12.8. The van der Waals surface area contributed by atoms with Gasteiger partial charge in [0, 0.05) is 47.5 Å². The lowest BCUT2D eigenvalue weighted by atomic mass is 9.77. The molecule has 79 heavy (non-hydrogen) atoms. The van der Waals surface area contributed by atoms with Gasteiger partial charge in [-0.3, -0.25) is 4.79 Å². The van der Waals surface area contributed by atoms with Gasteiger partial charge in [0.1, 0.15) is 23.0 Å². The summed E-state index contributed by atoms with van der Waals surface area (Å²) in [4.78, 5) is 28.0. The van der Waals surface area contributed by atoms with Gasteiger partial charge in [-0.05, 0) is 73.9 Å². The maximum Gasteiger partial charge on any atom is 0.342 e. The van der Waals surface area contributed by atoms with Gasteiger partial charge in [-0.2, -0.15) is 0 Å². The van der Waals surface area contributed by atoms with E-state index in [1.165, 1.54) is 178 Å². The van der Waals surface area contributed by atoms with Gasteiger partial charge in [-0.15, -0.1) is 0 Å². The van der Waals surface area contributed by atoms with Crippen molar-refractivity contribution in [3.8, 4) is 40.2 Å². The molecule has 12 nitrogen and oxygen atoms in total. The van der Waals surface area contributed by atoms with Crippen LogP contribution in [-0.4, -0.2) is 60.1 Å². The lowest BCUT2D eigenvalue weighted by Gasteiger charge is -2.36. The van der Waals surface area contributed by atoms with Crippen molar-refractivity contribution in [1.29, 1.82) is 0 Å². The Bertz CT molecular complexity index is 2380. The van der Waals surface area contributed by atoms with Crippen LogP contribution in [0, 0.1) is 0 Å². The number of esters is 1. The van der Waals surface area contributed by atoms with Gasteiger partial charge in [-0.25, -0.2) is 4.79 Å². The minimum atomic E-state index is -1.42. The standard InChI is InChI=1S/C66H95N3O9S/c1-4-7-10-13-16-19-22-25-28-31-43-74-59-46-50(47-60(75-44-32-29-26-23-20-17-14-11-8-5-2)62(59)76-45-33-30-27-24-21-18-15-12-9-6-3)63(72)67-41-42-68-65(79)69-56-36-34-35-55-61(56)64(73)78-66(55)53-39-37-51(70)48-57(53)77-58-49-52(71)38-40-54(58)66/h34-40,46-49,70-71H,4-33,41-45H2,1-3H3,(H,67,72)(H2,68,69,79). The number of rotatable bonds is 41. The number of hydrogen-bond acceptors (Lipinski definition) is 10. The van der Waals surface area contributed by atoms with E-state index < -0.39 is 11.6 Å². The highest BCUT2D eigenvalue weighted by Gasteiger charge is 2.54. The molecule has 434 valence electrons. The first-order valence-electron chi connectivity index (χ1n) is 30.8. The Kier molecular flexibility index (Phi) is 27.8. The SMILES string of the molecule is CCCCCCCCCCCCOc1cc(C(=O)NCCNC(=S)Nc2cccc3c2C(=O)OC32c3ccc(O)cc3Oc3cc(O)ccc32)cc(OCCCCCCCCCCCC)c1OCCCCCCCCCCCC. The number of nitrogens with one attached hydrogen (secondary N) is 3. The monoisotopic (exact) mass is 1110 g/mol. The summed E-state index contributed by atoms with van der Waals surface area (Å²) in [5.41, 5.74) is 1.33. The van der Waals surface area contributed by atoms with Gasteiger partial charge in [-0.1, -0.05) is 206 Å². The fraction of sp³-hybridized carbons (Fsp3) is 0.591. The molecule has 0 saturated carbocycles. The summed E-state index contributed by atoms with van der Waals surface area (Å²) in [6.07, 6.45) is 37.0. The van der Waals surface area contributed by atoms with Crippen LogP contribution in [0.25, 0.3) is 0 Å². The number of phenols is 2. The van der Waals surface area contributed by atoms with Crippen molar-refractivity contribution in [2.45, 2.75) is 219 Å². The number of ether oxygens (including phenoxy) is 5. The Morgan fingerprint density at radius 2 is 0.937 bits per heavy atom. The Balaban J connectivity index is 1.09. The topological polar surface area (TPSA) is 157 Å². The maximum absolute atomic E-state index is 14.1. The quantitative estimate of drug-likeness (QED) is 0.0163. The van der Waals surface area contributed by atoms with Crippen LogP contribution >= 0.6 is 12.2 Å². The van der Waals surface area contributed by atoms with Crippen molar-refractivity contribution < 1.29 is 43.5 Å². The lowest BCUT2D eigenvalue weighted by molar-refractivity contribution is 0.0224. The van der Waals surface area contributed by atoms with E-state index in [2.05, 4.69) is 36.7 Å². The first-order valence-corrected chi connectivity index (χ1v) is 31.2. The van der Waals surface area contributed by atoms with E-state index in [1.807, 2.05) is 12.1 Å². The molecule has 1 amide bonds. The average Bonchev–Trinajstić information content (AvgIpc) is 3.16. The Morgan fingerprint density at radius 1 is 0.519 bits per heavy atom. The second-order valence-electron chi connectivity index (χ2n) is 21.8. The number of benzene rings is 4. The zero-order chi connectivity index (χ0) is 55.9. The third kappa shape index (κ3) is 19.5. The summed E-state index contributed by atoms with van der Waals surface area (Å²) in [6, 6.07) is 18.3. The summed E-state index contributed by atoms with van der Waals surface area (Å²) in [7, 11) is 0. The highest BCUT2D eigenvalue weighted by atomic mass is 32.1. The fourth-order valence-corrected chi connectivity index (χ4v) is 11.1. The smallest absolute Gasteiger partial charge is 0.342 e. The van der Waals surface area contributed by atoms with Gasteiger partial charge in [0.2, 0.25) is 5.75 Å². The van der Waals surface area contributed by atoms with Crippen LogP contribution in [0.3, 0.4) is 0 Å². The van der Waals surface area contributed by atoms with Gasteiger partial charge < -0.3 is 49.8 Å². The van der Waals surface area contributed by atoms with Crippen LogP contribution in [0.4, 0.5) is 5.69 Å². The van der Waals surface area contributed by atoms with E-state index in [0.717, 1.165) is 38.5 Å². The zero-order valence-corrected chi connectivity index (χ0v) is 49.1. The molecule has 2 heterocycles. The molecular formula is C66H95N3O9S. The predicted octanol–water partition coefficient (Wildman–Crippen LogP) is 17.3. The van der Waals surface area contributed by atoms with Crippen molar-refractivity contribution in [2.75, 3.05) is 38.2 Å². The molecule has 13 heteroatoms. The third-order valence-corrected chi connectivity index (χ3v) is 15.5. The molecule has 0 fully saturated rings. The second-order valence-corrected chi connectivity index (χ2v) is 22.2. The summed E-state index contributed by atoms with van der Waals surface area (Å²) in [5.74, 6) is 1.34. The van der Waals surface area contributed by atoms with E-state index in [0.29, 0.717) is 76.5 Å². The third-order valence-electron chi connectivity index (χ3n) is 15.3. The number of phenolic OH excluding ortho intramolecular Hbond substituents is 2. The van der Waals surface area contributed by atoms with Gasteiger partial charge in [0.15, 0.2) is 22.2 Å². The Hall–Kier alpha value is -5.69. The summed E-state index contributed by atoms with van der Waals surface area (Å²) in [5, 5.41) is 30.4. The minimum absolute atomic E-state index is 0.0234. The zero-order valence-electron chi connectivity index (χ0n) is 48.3. The largest absolute Gasteiger partial charge is 0.508 e. The number of unbranched alkanes of at least 4 members (excludes halogenated alkanes) is 27. The number of thiocarbonyl (C=S) groups is 1. The molecule has 0 saturated heterocycles. The molecule has 2 aliphatic heterocycles. The summed E-state index contributed by atoms with van der Waals surface area (Å²) >= 11 is 5.75. The highest BCUT2D eigenvalue weighted by Crippen LogP contribution is 2.58. The molecule has 0 radical (unpaired) electrons. The van der Waals surface area contributed by atoms with Crippen molar-refractivity contribution in [3.05, 3.63) is 94.5 Å². The molecule has 0 bridgehead atoms. The van der Waals surface area contributed by atoms with Crippen molar-refractivity contribution in [1.82, 2.24) is 10.6 Å². The van der Waals surface area contributed by atoms with Crippen LogP contribution in [0.2, 0.25) is 0 Å². The van der Waals surface area contributed by atoms with E-state index in [-0.39, 0.29) is 41.2 Å². The van der Waals surface area contributed by atoms with Crippen LogP contribution in [0.5, 0.6) is 40.2 Å². The molecule has 1 spiro atoms. The molecule has 0 atom stereocenters. The molecule has 6 rings (SSSR count). The minimum Gasteiger partial charge on any atom is -0.508 e. The average molecular weight is 1110 g/mol. The lowest BCUT2D eigenvalue weighted by Crippen LogP contribution is -2.37. The van der Waals surface area contributed by atoms with Crippen molar-refractivity contribution in [3.63, 3.8) is 0 Å². The number of amides is 1. The number of aromatic hydroxyl groups is 2. The van der Waals surface area contributed by atoms with E-state index in [9.17, 15) is 19.8 Å². The molecule has 4 aromatic rings. The van der Waals surface area contributed by atoms with Crippen LogP contribution in [0.15, 0.2) is 66.7 Å². The van der Waals surface area contributed by atoms with Gasteiger partial charge in [0.05, 0.1) is 31.1 Å². The fourth-order valence-electron chi connectivity index (χ4n) is 10.8. The molecule has 0 aromatic heterocycles. The first kappa shape index (κ1) is 62.5. The molecule has 4 aromatic carbocycles. The highest BCUT2D eigenvalue weighted by molar-refractivity contribution is 7.80. The number of fused-ring (bicyclic) bond motifs is 6. The molecule has 2 aliphatic rings. The maximum atomic E-state index is 14.1. The van der Waals surface area contributed by atoms with E-state index >= 15 is 0 Å². The van der Waals surface area contributed by atoms with Crippen LogP contribution < -0.4 is 34.9 Å². The van der Waals surface area contributed by atoms with E-state index in [1.54, 1.807) is 30.3 Å². The number of carbonyl (C=O) groups is 2. The molecule has 0 aliphatic carbocycles. The molecule has 0 unspecified atom stereocenters. The first-order chi connectivity index (χ1) is 38.7.